The van der Waals surface area contributed by atoms with Gasteiger partial charge in [0.15, 0.2) is 0 Å². The number of hydrogen-bond donors (Lipinski definition) is 0. The molecule has 2 heterocycles. The van der Waals surface area contributed by atoms with Crippen LogP contribution in [0, 0.1) is 32.0 Å². The van der Waals surface area contributed by atoms with Crippen molar-refractivity contribution in [1.82, 2.24) is 9.55 Å². The highest BCUT2D eigenvalue weighted by atomic mass is 32.1. The lowest BCUT2D eigenvalue weighted by molar-refractivity contribution is 0.607. The zero-order valence-corrected chi connectivity index (χ0v) is 13.7. The van der Waals surface area contributed by atoms with Crippen molar-refractivity contribution in [3.8, 4) is 12.3 Å². The van der Waals surface area contributed by atoms with Crippen LogP contribution in [0.15, 0.2) is 29.1 Å². The van der Waals surface area contributed by atoms with E-state index < -0.39 is 0 Å². The summed E-state index contributed by atoms with van der Waals surface area (Å²) in [6.45, 7) is 4.00. The maximum Gasteiger partial charge on any atom is 0.263 e. The number of terminal acetylenes is 1. The highest BCUT2D eigenvalue weighted by Gasteiger charge is 2.17. The fraction of sp³-hybridized carbons (Fsp3) is 0.222. The van der Waals surface area contributed by atoms with E-state index in [9.17, 15) is 9.18 Å². The van der Waals surface area contributed by atoms with E-state index in [2.05, 4.69) is 10.9 Å². The van der Waals surface area contributed by atoms with E-state index in [-0.39, 0.29) is 24.3 Å². The van der Waals surface area contributed by atoms with Crippen LogP contribution in [0.25, 0.3) is 10.2 Å². The SMILES string of the molecule is C#CCn1c(Cc2ccccc2F)nc2sc(C)c(C)c2c1=O. The van der Waals surface area contributed by atoms with Gasteiger partial charge in [-0.3, -0.25) is 9.36 Å². The number of aromatic nitrogens is 2. The van der Waals surface area contributed by atoms with Crippen molar-refractivity contribution in [2.24, 2.45) is 0 Å². The van der Waals surface area contributed by atoms with Crippen LogP contribution in [-0.2, 0) is 13.0 Å². The molecule has 1 aromatic carbocycles. The predicted octanol–water partition coefficient (Wildman–Crippen LogP) is 3.44. The van der Waals surface area contributed by atoms with Crippen molar-refractivity contribution in [2.75, 3.05) is 0 Å². The van der Waals surface area contributed by atoms with Crippen LogP contribution in [0.1, 0.15) is 21.8 Å². The van der Waals surface area contributed by atoms with Crippen molar-refractivity contribution in [1.29, 1.82) is 0 Å². The Labute approximate surface area is 137 Å². The van der Waals surface area contributed by atoms with Crippen molar-refractivity contribution >= 4 is 21.6 Å². The van der Waals surface area contributed by atoms with Gasteiger partial charge in [0.25, 0.3) is 5.56 Å². The fourth-order valence-corrected chi connectivity index (χ4v) is 3.61. The highest BCUT2D eigenvalue weighted by Crippen LogP contribution is 2.26. The van der Waals surface area contributed by atoms with Gasteiger partial charge < -0.3 is 0 Å². The first-order valence-electron chi connectivity index (χ1n) is 7.19. The molecule has 0 bridgehead atoms. The van der Waals surface area contributed by atoms with E-state index >= 15 is 0 Å². The molecule has 5 heteroatoms. The van der Waals surface area contributed by atoms with E-state index in [4.69, 9.17) is 6.42 Å². The Morgan fingerprint density at radius 3 is 2.78 bits per heavy atom. The molecule has 116 valence electrons. The van der Waals surface area contributed by atoms with Crippen molar-refractivity contribution in [3.63, 3.8) is 0 Å². The van der Waals surface area contributed by atoms with E-state index in [0.717, 1.165) is 10.4 Å². The molecule has 0 amide bonds. The number of hydrogen-bond acceptors (Lipinski definition) is 3. The van der Waals surface area contributed by atoms with Crippen molar-refractivity contribution in [3.05, 3.63) is 62.3 Å². The second kappa shape index (κ2) is 5.98. The first-order valence-corrected chi connectivity index (χ1v) is 8.01. The first kappa shape index (κ1) is 15.4. The molecule has 0 saturated heterocycles. The maximum absolute atomic E-state index is 13.9. The van der Waals surface area contributed by atoms with Gasteiger partial charge in [-0.25, -0.2) is 9.37 Å². The van der Waals surface area contributed by atoms with Gasteiger partial charge in [0.2, 0.25) is 0 Å². The molecule has 0 saturated carbocycles. The molecule has 3 aromatic rings. The summed E-state index contributed by atoms with van der Waals surface area (Å²) in [6.07, 6.45) is 5.63. The Bertz CT molecular complexity index is 995. The second-order valence-corrected chi connectivity index (χ2v) is 6.56. The number of thiophene rings is 1. The Balaban J connectivity index is 2.24. The van der Waals surface area contributed by atoms with E-state index in [1.165, 1.54) is 22.0 Å². The molecular weight excluding hydrogens is 311 g/mol. The minimum Gasteiger partial charge on any atom is -0.284 e. The molecule has 0 unspecified atom stereocenters. The average molecular weight is 326 g/mol. The highest BCUT2D eigenvalue weighted by molar-refractivity contribution is 7.18. The molecule has 23 heavy (non-hydrogen) atoms. The van der Waals surface area contributed by atoms with Crippen molar-refractivity contribution in [2.45, 2.75) is 26.8 Å². The fourth-order valence-electron chi connectivity index (χ4n) is 2.57. The monoisotopic (exact) mass is 326 g/mol. The summed E-state index contributed by atoms with van der Waals surface area (Å²) in [7, 11) is 0. The van der Waals surface area contributed by atoms with Crippen LogP contribution in [0.3, 0.4) is 0 Å². The smallest absolute Gasteiger partial charge is 0.263 e. The number of fused-ring (bicyclic) bond motifs is 1. The number of benzene rings is 1. The van der Waals surface area contributed by atoms with Gasteiger partial charge in [-0.15, -0.1) is 17.8 Å². The molecule has 0 aliphatic carbocycles. The van der Waals surface area contributed by atoms with Crippen LogP contribution in [-0.4, -0.2) is 9.55 Å². The van der Waals surface area contributed by atoms with Crippen LogP contribution < -0.4 is 5.56 Å². The van der Waals surface area contributed by atoms with Crippen LogP contribution in [0.4, 0.5) is 4.39 Å². The predicted molar refractivity (Wildman–Crippen MR) is 91.4 cm³/mol. The summed E-state index contributed by atoms with van der Waals surface area (Å²) in [5, 5.41) is 0.611. The molecule has 0 aliphatic heterocycles. The number of aryl methyl sites for hydroxylation is 2. The lowest BCUT2D eigenvalue weighted by Crippen LogP contribution is -2.25. The Morgan fingerprint density at radius 1 is 1.35 bits per heavy atom. The lowest BCUT2D eigenvalue weighted by atomic mass is 10.1. The van der Waals surface area contributed by atoms with E-state index in [0.29, 0.717) is 21.6 Å². The largest absolute Gasteiger partial charge is 0.284 e. The molecule has 3 rings (SSSR count). The Hall–Kier alpha value is -2.45. The van der Waals surface area contributed by atoms with Gasteiger partial charge in [-0.05, 0) is 31.0 Å². The topological polar surface area (TPSA) is 34.9 Å². The molecule has 0 N–H and O–H groups in total. The molecule has 0 radical (unpaired) electrons. The third-order valence-corrected chi connectivity index (χ3v) is 5.02. The number of rotatable bonds is 3. The first-order chi connectivity index (χ1) is 11.0. The molecule has 0 spiro atoms. The normalized spacial score (nSPS) is 10.9. The number of halogens is 1. The summed E-state index contributed by atoms with van der Waals surface area (Å²) < 4.78 is 15.4. The molecule has 0 fully saturated rings. The summed E-state index contributed by atoms with van der Waals surface area (Å²) in [6, 6.07) is 6.49. The van der Waals surface area contributed by atoms with Crippen LogP contribution >= 0.6 is 11.3 Å². The van der Waals surface area contributed by atoms with E-state index in [1.54, 1.807) is 18.2 Å². The zero-order valence-electron chi connectivity index (χ0n) is 12.9. The summed E-state index contributed by atoms with van der Waals surface area (Å²) in [5.74, 6) is 2.67. The third kappa shape index (κ3) is 2.66. The minimum absolute atomic E-state index is 0.125. The Morgan fingerprint density at radius 2 is 2.09 bits per heavy atom. The van der Waals surface area contributed by atoms with Gasteiger partial charge in [0.1, 0.15) is 16.5 Å². The Kier molecular flexibility index (Phi) is 4.01. The van der Waals surface area contributed by atoms with Gasteiger partial charge in [0, 0.05) is 11.3 Å². The molecule has 2 aromatic heterocycles. The van der Waals surface area contributed by atoms with Crippen LogP contribution in [0.2, 0.25) is 0 Å². The van der Waals surface area contributed by atoms with Gasteiger partial charge in [0.05, 0.1) is 11.9 Å². The van der Waals surface area contributed by atoms with Gasteiger partial charge in [-0.1, -0.05) is 24.1 Å². The average Bonchev–Trinajstić information content (AvgIpc) is 2.80. The standard InChI is InChI=1S/C18H15FN2OS/c1-4-9-21-15(10-13-7-5-6-8-14(13)19)20-17-16(18(21)22)11(2)12(3)23-17/h1,5-8H,9-10H2,2-3H3. The minimum atomic E-state index is -0.312. The summed E-state index contributed by atoms with van der Waals surface area (Å²) in [5.41, 5.74) is 1.28. The van der Waals surface area contributed by atoms with Crippen LogP contribution in [0.5, 0.6) is 0 Å². The van der Waals surface area contributed by atoms with E-state index in [1.807, 2.05) is 13.8 Å². The van der Waals surface area contributed by atoms with Crippen molar-refractivity contribution < 1.29 is 4.39 Å². The van der Waals surface area contributed by atoms with Gasteiger partial charge in [-0.2, -0.15) is 0 Å². The summed E-state index contributed by atoms with van der Waals surface area (Å²) in [4.78, 5) is 19.1. The molecular formula is C18H15FN2OS. The molecule has 0 aliphatic rings. The second-order valence-electron chi connectivity index (χ2n) is 5.36. The summed E-state index contributed by atoms with van der Waals surface area (Å²) >= 11 is 1.48. The third-order valence-electron chi connectivity index (χ3n) is 3.92. The maximum atomic E-state index is 13.9. The lowest BCUT2D eigenvalue weighted by Gasteiger charge is -2.10. The zero-order chi connectivity index (χ0) is 16.6. The molecule has 3 nitrogen and oxygen atoms in total. The van der Waals surface area contributed by atoms with Gasteiger partial charge >= 0.3 is 0 Å². The number of nitrogens with zero attached hydrogens (tertiary/aromatic N) is 2. The molecule has 0 atom stereocenters. The quantitative estimate of drug-likeness (QED) is 0.691.